The van der Waals surface area contributed by atoms with Crippen LogP contribution in [0.15, 0.2) is 71.6 Å². The molecule has 0 aromatic heterocycles. The van der Waals surface area contributed by atoms with Gasteiger partial charge in [-0.1, -0.05) is 42.5 Å². The van der Waals surface area contributed by atoms with Gasteiger partial charge in [0.05, 0.1) is 23.7 Å². The fraction of sp³-hybridized carbons (Fsp3) is 0.250. The van der Waals surface area contributed by atoms with E-state index in [4.69, 9.17) is 9.47 Å². The van der Waals surface area contributed by atoms with Crippen molar-refractivity contribution in [3.63, 3.8) is 0 Å². The average molecular weight is 469 g/mol. The lowest BCUT2D eigenvalue weighted by molar-refractivity contribution is -0.123. The summed E-state index contributed by atoms with van der Waals surface area (Å²) in [6.07, 6.45) is -1.09. The highest BCUT2D eigenvalue weighted by Crippen LogP contribution is 2.23. The second-order valence-electron chi connectivity index (χ2n) is 7.61. The Morgan fingerprint density at radius 1 is 1.00 bits per heavy atom. The van der Waals surface area contributed by atoms with E-state index in [1.165, 1.54) is 35.5 Å². The Hall–Kier alpha value is -3.27. The Morgan fingerprint density at radius 3 is 2.48 bits per heavy atom. The van der Waals surface area contributed by atoms with Crippen molar-refractivity contribution >= 4 is 38.4 Å². The number of amides is 1. The number of anilines is 1. The topological polar surface area (TPSA) is 102 Å². The summed E-state index contributed by atoms with van der Waals surface area (Å²) < 4.78 is 37.6. The van der Waals surface area contributed by atoms with Gasteiger partial charge in [-0.15, -0.1) is 0 Å². The van der Waals surface area contributed by atoms with Crippen molar-refractivity contribution < 1.29 is 27.5 Å². The van der Waals surface area contributed by atoms with Gasteiger partial charge in [-0.25, -0.2) is 13.2 Å². The Labute approximate surface area is 192 Å². The maximum atomic E-state index is 12.9. The molecule has 4 rings (SSSR count). The van der Waals surface area contributed by atoms with E-state index in [1.54, 1.807) is 6.07 Å². The summed E-state index contributed by atoms with van der Waals surface area (Å²) in [4.78, 5) is 25.3. The predicted molar refractivity (Wildman–Crippen MR) is 123 cm³/mol. The number of sulfonamides is 1. The minimum atomic E-state index is -3.76. The Kier molecular flexibility index (Phi) is 6.73. The van der Waals surface area contributed by atoms with Gasteiger partial charge >= 0.3 is 5.97 Å². The van der Waals surface area contributed by atoms with Crippen LogP contribution in [0.3, 0.4) is 0 Å². The van der Waals surface area contributed by atoms with Gasteiger partial charge in [0.2, 0.25) is 10.0 Å². The number of nitrogens with zero attached hydrogens (tertiary/aromatic N) is 1. The molecule has 3 aromatic rings. The molecule has 1 fully saturated rings. The van der Waals surface area contributed by atoms with Gasteiger partial charge in [-0.3, -0.25) is 4.79 Å². The zero-order valence-electron chi connectivity index (χ0n) is 18.1. The van der Waals surface area contributed by atoms with E-state index in [0.29, 0.717) is 18.9 Å². The molecule has 0 spiro atoms. The number of fused-ring (bicyclic) bond motifs is 1. The van der Waals surface area contributed by atoms with E-state index >= 15 is 0 Å². The standard InChI is InChI=1S/C24H24N2O6S/c1-17(23(27)25-22-11-5-7-18-6-2-3-10-21(18)22)32-24(28)19-8-4-9-20(16-19)33(29,30)26-12-14-31-15-13-26/h2-11,16-17H,12-15H2,1H3,(H,25,27). The smallest absolute Gasteiger partial charge is 0.338 e. The van der Waals surface area contributed by atoms with Crippen molar-refractivity contribution in [3.05, 3.63) is 72.3 Å². The molecule has 1 unspecified atom stereocenters. The first-order valence-electron chi connectivity index (χ1n) is 10.5. The van der Waals surface area contributed by atoms with Crippen LogP contribution in [0.4, 0.5) is 5.69 Å². The Morgan fingerprint density at radius 2 is 1.70 bits per heavy atom. The second kappa shape index (κ2) is 9.70. The van der Waals surface area contributed by atoms with Crippen LogP contribution in [-0.4, -0.2) is 57.0 Å². The Balaban J connectivity index is 1.45. The maximum Gasteiger partial charge on any atom is 0.338 e. The summed E-state index contributed by atoms with van der Waals surface area (Å²) in [6, 6.07) is 18.8. The van der Waals surface area contributed by atoms with Crippen molar-refractivity contribution in [1.29, 1.82) is 0 Å². The van der Waals surface area contributed by atoms with Gasteiger partial charge in [0, 0.05) is 24.2 Å². The molecule has 1 aliphatic rings. The molecule has 1 saturated heterocycles. The summed E-state index contributed by atoms with van der Waals surface area (Å²) in [5, 5.41) is 4.63. The molecule has 1 atom stereocenters. The number of carbonyl (C=O) groups is 2. The largest absolute Gasteiger partial charge is 0.449 e. The van der Waals surface area contributed by atoms with Crippen LogP contribution in [0.25, 0.3) is 10.8 Å². The molecule has 1 aliphatic heterocycles. The van der Waals surface area contributed by atoms with Crippen LogP contribution in [-0.2, 0) is 24.3 Å². The highest BCUT2D eigenvalue weighted by Gasteiger charge is 2.27. The molecule has 0 saturated carbocycles. The highest BCUT2D eigenvalue weighted by atomic mass is 32.2. The number of ether oxygens (including phenoxy) is 2. The van der Waals surface area contributed by atoms with Crippen LogP contribution < -0.4 is 5.32 Å². The van der Waals surface area contributed by atoms with Gasteiger partial charge in [-0.2, -0.15) is 4.31 Å². The van der Waals surface area contributed by atoms with E-state index < -0.39 is 28.0 Å². The van der Waals surface area contributed by atoms with E-state index in [-0.39, 0.29) is 23.5 Å². The fourth-order valence-electron chi connectivity index (χ4n) is 3.57. The highest BCUT2D eigenvalue weighted by molar-refractivity contribution is 7.89. The van der Waals surface area contributed by atoms with Crippen LogP contribution >= 0.6 is 0 Å². The molecule has 1 N–H and O–H groups in total. The van der Waals surface area contributed by atoms with Crippen LogP contribution in [0, 0.1) is 0 Å². The lowest BCUT2D eigenvalue weighted by atomic mass is 10.1. The average Bonchev–Trinajstić information content (AvgIpc) is 2.84. The lowest BCUT2D eigenvalue weighted by Crippen LogP contribution is -2.40. The molecule has 0 aliphatic carbocycles. The first-order valence-corrected chi connectivity index (χ1v) is 12.0. The zero-order valence-corrected chi connectivity index (χ0v) is 18.9. The zero-order chi connectivity index (χ0) is 23.4. The number of esters is 1. The number of benzene rings is 3. The van der Waals surface area contributed by atoms with Crippen molar-refractivity contribution in [2.75, 3.05) is 31.6 Å². The molecule has 1 amide bonds. The lowest BCUT2D eigenvalue weighted by Gasteiger charge is -2.26. The quantitative estimate of drug-likeness (QED) is 0.558. The van der Waals surface area contributed by atoms with Crippen LogP contribution in [0.5, 0.6) is 0 Å². The SMILES string of the molecule is CC(OC(=O)c1cccc(S(=O)(=O)N2CCOCC2)c1)C(=O)Nc1cccc2ccccc12. The predicted octanol–water partition coefficient (Wildman–Crippen LogP) is 3.04. The molecule has 8 nitrogen and oxygen atoms in total. The van der Waals surface area contributed by atoms with Gasteiger partial charge in [0.1, 0.15) is 0 Å². The maximum absolute atomic E-state index is 12.9. The van der Waals surface area contributed by atoms with Crippen LogP contribution in [0.2, 0.25) is 0 Å². The minimum Gasteiger partial charge on any atom is -0.449 e. The molecule has 0 bridgehead atoms. The number of hydrogen-bond acceptors (Lipinski definition) is 6. The molecule has 3 aromatic carbocycles. The van der Waals surface area contributed by atoms with Crippen molar-refractivity contribution in [1.82, 2.24) is 4.31 Å². The first-order chi connectivity index (χ1) is 15.9. The third-order valence-electron chi connectivity index (χ3n) is 5.38. The van der Waals surface area contributed by atoms with Gasteiger partial charge in [0.25, 0.3) is 5.91 Å². The van der Waals surface area contributed by atoms with Crippen LogP contribution in [0.1, 0.15) is 17.3 Å². The molecule has 0 radical (unpaired) electrons. The summed E-state index contributed by atoms with van der Waals surface area (Å²) in [5.74, 6) is -1.27. The molecular formula is C24H24N2O6S. The van der Waals surface area contributed by atoms with Gasteiger partial charge in [-0.05, 0) is 36.6 Å². The van der Waals surface area contributed by atoms with E-state index in [0.717, 1.165) is 10.8 Å². The van der Waals surface area contributed by atoms with Crippen molar-refractivity contribution in [2.24, 2.45) is 0 Å². The first kappa shape index (κ1) is 22.9. The number of rotatable bonds is 6. The summed E-state index contributed by atoms with van der Waals surface area (Å²) in [6.45, 7) is 2.62. The van der Waals surface area contributed by atoms with Crippen molar-refractivity contribution in [3.8, 4) is 0 Å². The number of hydrogen-bond donors (Lipinski definition) is 1. The monoisotopic (exact) mass is 468 g/mol. The molecule has 9 heteroatoms. The summed E-state index contributed by atoms with van der Waals surface area (Å²) in [5.41, 5.74) is 0.661. The second-order valence-corrected chi connectivity index (χ2v) is 9.55. The summed E-state index contributed by atoms with van der Waals surface area (Å²) >= 11 is 0. The van der Waals surface area contributed by atoms with E-state index in [1.807, 2.05) is 36.4 Å². The number of carbonyl (C=O) groups excluding carboxylic acids is 2. The van der Waals surface area contributed by atoms with Gasteiger partial charge in [0.15, 0.2) is 6.10 Å². The third-order valence-corrected chi connectivity index (χ3v) is 7.27. The van der Waals surface area contributed by atoms with E-state index in [9.17, 15) is 18.0 Å². The normalized spacial score (nSPS) is 15.7. The number of morpholine rings is 1. The molecular weight excluding hydrogens is 444 g/mol. The van der Waals surface area contributed by atoms with E-state index in [2.05, 4.69) is 5.32 Å². The third kappa shape index (κ3) is 5.05. The summed E-state index contributed by atoms with van der Waals surface area (Å²) in [7, 11) is -3.76. The molecule has 1 heterocycles. The molecule has 172 valence electrons. The van der Waals surface area contributed by atoms with Gasteiger partial charge < -0.3 is 14.8 Å². The number of nitrogens with one attached hydrogen (secondary N) is 1. The van der Waals surface area contributed by atoms with Crippen molar-refractivity contribution in [2.45, 2.75) is 17.9 Å². The minimum absolute atomic E-state index is 0.00768. The fourth-order valence-corrected chi connectivity index (χ4v) is 5.02. The molecule has 33 heavy (non-hydrogen) atoms. The Bertz CT molecular complexity index is 1280.